The van der Waals surface area contributed by atoms with Crippen LogP contribution in [0.25, 0.3) is 0 Å². The normalized spacial score (nSPS) is 19.2. The molecule has 6 nitrogen and oxygen atoms in total. The van der Waals surface area contributed by atoms with Crippen LogP contribution in [0.2, 0.25) is 0 Å². The van der Waals surface area contributed by atoms with Gasteiger partial charge in [-0.05, 0) is 59.8 Å². The quantitative estimate of drug-likeness (QED) is 0.497. The molecule has 1 aliphatic rings. The van der Waals surface area contributed by atoms with Crippen LogP contribution >= 0.6 is 23.1 Å². The van der Waals surface area contributed by atoms with Crippen molar-refractivity contribution in [1.82, 2.24) is 4.31 Å². The molecule has 0 aliphatic carbocycles. The monoisotopic (exact) mass is 489 g/mol. The van der Waals surface area contributed by atoms with Gasteiger partial charge < -0.3 is 9.84 Å². The molecule has 32 heavy (non-hydrogen) atoms. The molecular formula is C23H23NO5S3. The summed E-state index contributed by atoms with van der Waals surface area (Å²) in [7, 11) is -2.52. The summed E-state index contributed by atoms with van der Waals surface area (Å²) < 4.78 is 33.4. The van der Waals surface area contributed by atoms with Gasteiger partial charge in [0.25, 0.3) is 0 Å². The van der Waals surface area contributed by atoms with Gasteiger partial charge in [-0.25, -0.2) is 8.42 Å². The summed E-state index contributed by atoms with van der Waals surface area (Å²) in [5.74, 6) is -0.623. The maximum absolute atomic E-state index is 13.6. The van der Waals surface area contributed by atoms with E-state index < -0.39 is 28.0 Å². The maximum Gasteiger partial charge on any atom is 0.322 e. The number of thioether (sulfide) groups is 1. The Labute approximate surface area is 195 Å². The van der Waals surface area contributed by atoms with Crippen LogP contribution < -0.4 is 4.74 Å². The highest BCUT2D eigenvalue weighted by molar-refractivity contribution is 7.99. The third-order valence-electron chi connectivity index (χ3n) is 5.52. The van der Waals surface area contributed by atoms with Gasteiger partial charge in [-0.3, -0.25) is 4.79 Å². The van der Waals surface area contributed by atoms with Gasteiger partial charge in [-0.15, -0.1) is 23.1 Å². The number of thiophene rings is 1. The zero-order valence-corrected chi connectivity index (χ0v) is 19.8. The predicted molar refractivity (Wildman–Crippen MR) is 126 cm³/mol. The van der Waals surface area contributed by atoms with Crippen molar-refractivity contribution in [2.45, 2.75) is 28.2 Å². The maximum atomic E-state index is 13.6. The van der Waals surface area contributed by atoms with E-state index in [1.54, 1.807) is 35.2 Å². The molecule has 0 bridgehead atoms. The summed E-state index contributed by atoms with van der Waals surface area (Å²) in [6.45, 7) is 0.116. The van der Waals surface area contributed by atoms with Crippen molar-refractivity contribution in [2.24, 2.45) is 0 Å². The van der Waals surface area contributed by atoms with E-state index in [1.807, 2.05) is 41.8 Å². The Morgan fingerprint density at radius 1 is 1.16 bits per heavy atom. The number of carboxylic acid groups (broad SMARTS) is 1. The molecule has 0 fully saturated rings. The highest BCUT2D eigenvalue weighted by Gasteiger charge is 2.44. The van der Waals surface area contributed by atoms with E-state index in [1.165, 1.54) is 23.5 Å². The number of sulfonamides is 1. The molecule has 2 heterocycles. The van der Waals surface area contributed by atoms with E-state index in [9.17, 15) is 18.3 Å². The second-order valence-corrected chi connectivity index (χ2v) is 11.3. The van der Waals surface area contributed by atoms with Crippen molar-refractivity contribution in [3.05, 3.63) is 76.5 Å². The molecule has 0 unspecified atom stereocenters. The summed E-state index contributed by atoms with van der Waals surface area (Å²) >= 11 is 3.09. The van der Waals surface area contributed by atoms with Gasteiger partial charge in [0.15, 0.2) is 0 Å². The number of ether oxygens (including phenoxy) is 1. The van der Waals surface area contributed by atoms with Gasteiger partial charge in [0, 0.05) is 28.0 Å². The molecule has 9 heteroatoms. The Bertz CT molecular complexity index is 1180. The lowest BCUT2D eigenvalue weighted by Crippen LogP contribution is -2.48. The Morgan fingerprint density at radius 3 is 2.53 bits per heavy atom. The first-order valence-corrected chi connectivity index (χ1v) is 13.3. The summed E-state index contributed by atoms with van der Waals surface area (Å²) in [4.78, 5) is 14.6. The lowest BCUT2D eigenvalue weighted by atomic mass is 9.94. The minimum atomic E-state index is -4.02. The molecule has 0 spiro atoms. The molecule has 3 aromatic rings. The fraction of sp³-hybridized carbons (Fsp3) is 0.261. The molecule has 2 aromatic carbocycles. The second-order valence-electron chi connectivity index (χ2n) is 7.35. The Kier molecular flexibility index (Phi) is 6.90. The van der Waals surface area contributed by atoms with E-state index in [-0.39, 0.29) is 11.4 Å². The van der Waals surface area contributed by atoms with Crippen LogP contribution in [0.5, 0.6) is 5.75 Å². The molecule has 0 saturated heterocycles. The zero-order chi connectivity index (χ0) is 22.7. The number of rotatable bonds is 7. The van der Waals surface area contributed by atoms with Gasteiger partial charge in [-0.2, -0.15) is 4.31 Å². The standard InChI is InChI=1S/C23H23NO5S3/c1-29-16-7-9-18(10-8-16)32(27,28)24-13-11-21-19(12-14-30-21)20(22(24)23(25)26)15-31-17-5-3-2-4-6-17/h2-10,12,14,20,22H,11,13,15H2,1H3,(H,25,26)/t20-,22-/m0/s1. The molecule has 1 N–H and O–H groups in total. The van der Waals surface area contributed by atoms with E-state index in [4.69, 9.17) is 4.74 Å². The minimum Gasteiger partial charge on any atom is -0.497 e. The number of nitrogens with zero attached hydrogens (tertiary/aromatic N) is 1. The summed E-state index contributed by atoms with van der Waals surface area (Å²) in [5, 5.41) is 12.2. The number of aliphatic carboxylic acids is 1. The van der Waals surface area contributed by atoms with Gasteiger partial charge >= 0.3 is 5.97 Å². The van der Waals surface area contributed by atoms with Gasteiger partial charge in [-0.1, -0.05) is 18.2 Å². The molecule has 2 atom stereocenters. The largest absolute Gasteiger partial charge is 0.497 e. The van der Waals surface area contributed by atoms with Crippen LogP contribution in [0.15, 0.2) is 75.8 Å². The van der Waals surface area contributed by atoms with Crippen molar-refractivity contribution in [2.75, 3.05) is 19.4 Å². The van der Waals surface area contributed by atoms with Crippen molar-refractivity contribution in [3.8, 4) is 5.75 Å². The Balaban J connectivity index is 1.72. The van der Waals surface area contributed by atoms with E-state index in [2.05, 4.69) is 0 Å². The highest BCUT2D eigenvalue weighted by Crippen LogP contribution is 2.39. The average Bonchev–Trinajstić information content (AvgIpc) is 3.20. The summed E-state index contributed by atoms with van der Waals surface area (Å²) in [5.41, 5.74) is 0.929. The van der Waals surface area contributed by atoms with E-state index in [0.29, 0.717) is 17.9 Å². The highest BCUT2D eigenvalue weighted by atomic mass is 32.2. The number of fused-ring (bicyclic) bond motifs is 1. The van der Waals surface area contributed by atoms with Crippen LogP contribution in [0.4, 0.5) is 0 Å². The summed E-state index contributed by atoms with van der Waals surface area (Å²) in [6.07, 6.45) is 0.485. The van der Waals surface area contributed by atoms with Crippen LogP contribution in [-0.2, 0) is 21.2 Å². The van der Waals surface area contributed by atoms with Crippen molar-refractivity contribution >= 4 is 39.1 Å². The van der Waals surface area contributed by atoms with Crippen LogP contribution in [0, 0.1) is 0 Å². The molecule has 0 saturated carbocycles. The molecule has 168 valence electrons. The van der Waals surface area contributed by atoms with Crippen LogP contribution in [0.3, 0.4) is 0 Å². The lowest BCUT2D eigenvalue weighted by molar-refractivity contribution is -0.142. The minimum absolute atomic E-state index is 0.0595. The molecular weight excluding hydrogens is 466 g/mol. The first kappa shape index (κ1) is 22.8. The fourth-order valence-electron chi connectivity index (χ4n) is 3.94. The zero-order valence-electron chi connectivity index (χ0n) is 17.4. The Hall–Kier alpha value is -2.33. The second kappa shape index (κ2) is 9.66. The summed E-state index contributed by atoms with van der Waals surface area (Å²) in [6, 6.07) is 16.5. The number of hydrogen-bond donors (Lipinski definition) is 1. The molecule has 0 radical (unpaired) electrons. The molecule has 4 rings (SSSR count). The molecule has 0 amide bonds. The van der Waals surface area contributed by atoms with E-state index in [0.717, 1.165) is 15.3 Å². The first-order chi connectivity index (χ1) is 15.4. The topological polar surface area (TPSA) is 83.9 Å². The molecule has 1 aliphatic heterocycles. The number of carboxylic acids is 1. The van der Waals surface area contributed by atoms with Gasteiger partial charge in [0.1, 0.15) is 11.8 Å². The first-order valence-electron chi connectivity index (χ1n) is 10.0. The fourth-order valence-corrected chi connectivity index (χ4v) is 7.58. The van der Waals surface area contributed by atoms with Crippen molar-refractivity contribution in [3.63, 3.8) is 0 Å². The van der Waals surface area contributed by atoms with Gasteiger partial charge in [0.05, 0.1) is 12.0 Å². The average molecular weight is 490 g/mol. The number of carbonyl (C=O) groups is 1. The Morgan fingerprint density at radius 2 is 1.88 bits per heavy atom. The van der Waals surface area contributed by atoms with Crippen molar-refractivity contribution in [1.29, 1.82) is 0 Å². The third-order valence-corrected chi connectivity index (χ3v) is 9.54. The van der Waals surface area contributed by atoms with Crippen LogP contribution in [-0.4, -0.2) is 49.2 Å². The number of benzene rings is 2. The van der Waals surface area contributed by atoms with Crippen LogP contribution in [0.1, 0.15) is 16.4 Å². The van der Waals surface area contributed by atoms with E-state index >= 15 is 0 Å². The SMILES string of the molecule is COc1ccc(S(=O)(=O)N2CCc3sccc3[C@H](CSc3ccccc3)[C@H]2C(=O)O)cc1. The van der Waals surface area contributed by atoms with Crippen molar-refractivity contribution < 1.29 is 23.1 Å². The smallest absolute Gasteiger partial charge is 0.322 e. The van der Waals surface area contributed by atoms with Gasteiger partial charge in [0.2, 0.25) is 10.0 Å². The lowest BCUT2D eigenvalue weighted by Gasteiger charge is -2.31. The third kappa shape index (κ3) is 4.56. The predicted octanol–water partition coefficient (Wildman–Crippen LogP) is 4.33. The molecule has 1 aromatic heterocycles. The number of hydrogen-bond acceptors (Lipinski definition) is 6. The number of methoxy groups -OCH3 is 1.